The molecule has 0 radical (unpaired) electrons. The highest BCUT2D eigenvalue weighted by atomic mass is 16.4. The van der Waals surface area contributed by atoms with Gasteiger partial charge in [-0.05, 0) is 23.5 Å². The summed E-state index contributed by atoms with van der Waals surface area (Å²) in [5.41, 5.74) is 2.03. The van der Waals surface area contributed by atoms with E-state index in [9.17, 15) is 9.59 Å². The van der Waals surface area contributed by atoms with E-state index >= 15 is 0 Å². The lowest BCUT2D eigenvalue weighted by atomic mass is 9.81. The molecule has 0 fully saturated rings. The number of aryl methyl sites for hydroxylation is 1. The third kappa shape index (κ3) is 5.27. The molecule has 2 atom stereocenters. The minimum absolute atomic E-state index is 0.154. The van der Waals surface area contributed by atoms with Crippen molar-refractivity contribution in [3.05, 3.63) is 35.4 Å². The maximum absolute atomic E-state index is 12.5. The number of carbonyl (C=O) groups excluding carboxylic acids is 1. The summed E-state index contributed by atoms with van der Waals surface area (Å²) in [4.78, 5) is 24.8. The highest BCUT2D eigenvalue weighted by Gasteiger charge is 2.30. The van der Waals surface area contributed by atoms with E-state index < -0.39 is 11.9 Å². The van der Waals surface area contributed by atoms with Crippen molar-refractivity contribution < 1.29 is 14.7 Å². The van der Waals surface area contributed by atoms with Gasteiger partial charge in [-0.25, -0.2) is 4.79 Å². The topological polar surface area (TPSA) is 69.6 Å². The van der Waals surface area contributed by atoms with Gasteiger partial charge >= 0.3 is 12.0 Å². The average Bonchev–Trinajstić information content (AvgIpc) is 2.44. The highest BCUT2D eigenvalue weighted by Crippen LogP contribution is 2.34. The van der Waals surface area contributed by atoms with Crippen molar-refractivity contribution in [2.24, 2.45) is 11.3 Å². The molecule has 0 aliphatic heterocycles. The molecule has 0 aliphatic carbocycles. The van der Waals surface area contributed by atoms with Crippen LogP contribution in [0.1, 0.15) is 44.9 Å². The van der Waals surface area contributed by atoms with E-state index in [1.165, 1.54) is 4.90 Å². The number of rotatable bonds is 5. The molecule has 0 saturated heterocycles. The zero-order valence-corrected chi connectivity index (χ0v) is 14.9. The molecule has 0 saturated carbocycles. The van der Waals surface area contributed by atoms with Gasteiger partial charge in [-0.1, -0.05) is 52.0 Å². The Labute approximate surface area is 138 Å². The van der Waals surface area contributed by atoms with E-state index in [-0.39, 0.29) is 24.0 Å². The second-order valence-corrected chi connectivity index (χ2v) is 7.22. The standard InChI is InChI=1S/C18H28N2O3/c1-12-9-7-8-10-14(12)15(18(3,4)5)19-17(23)20(6)11-13(2)16(21)22/h7-10,13,15H,11H2,1-6H3,(H,19,23)(H,21,22). The molecule has 0 spiro atoms. The van der Waals surface area contributed by atoms with Crippen LogP contribution < -0.4 is 5.32 Å². The smallest absolute Gasteiger partial charge is 0.317 e. The van der Waals surface area contributed by atoms with E-state index in [2.05, 4.69) is 26.1 Å². The Balaban J connectivity index is 2.93. The van der Waals surface area contributed by atoms with Gasteiger partial charge in [0.2, 0.25) is 0 Å². The monoisotopic (exact) mass is 320 g/mol. The SMILES string of the molecule is Cc1ccccc1C(NC(=O)N(C)CC(C)C(=O)O)C(C)(C)C. The van der Waals surface area contributed by atoms with Gasteiger partial charge in [0.25, 0.3) is 0 Å². The molecule has 2 N–H and O–H groups in total. The summed E-state index contributed by atoms with van der Waals surface area (Å²) in [7, 11) is 1.62. The van der Waals surface area contributed by atoms with Crippen LogP contribution in [0.15, 0.2) is 24.3 Å². The molecular formula is C18H28N2O3. The van der Waals surface area contributed by atoms with Crippen LogP contribution in [0.2, 0.25) is 0 Å². The third-order valence-electron chi connectivity index (χ3n) is 3.95. The van der Waals surface area contributed by atoms with E-state index in [1.807, 2.05) is 31.2 Å². The number of benzene rings is 1. The van der Waals surface area contributed by atoms with Gasteiger partial charge in [-0.3, -0.25) is 4.79 Å². The van der Waals surface area contributed by atoms with Crippen molar-refractivity contribution in [1.82, 2.24) is 10.2 Å². The summed E-state index contributed by atoms with van der Waals surface area (Å²) >= 11 is 0. The zero-order chi connectivity index (χ0) is 17.8. The van der Waals surface area contributed by atoms with Crippen LogP contribution in [0.3, 0.4) is 0 Å². The molecule has 0 aromatic heterocycles. The van der Waals surface area contributed by atoms with Gasteiger partial charge in [0.15, 0.2) is 0 Å². The lowest BCUT2D eigenvalue weighted by Gasteiger charge is -2.34. The minimum Gasteiger partial charge on any atom is -0.481 e. The van der Waals surface area contributed by atoms with Crippen LogP contribution in [0.4, 0.5) is 4.79 Å². The molecule has 0 aliphatic rings. The maximum Gasteiger partial charge on any atom is 0.317 e. The number of urea groups is 1. The van der Waals surface area contributed by atoms with Gasteiger partial charge in [0, 0.05) is 13.6 Å². The molecule has 1 aromatic rings. The van der Waals surface area contributed by atoms with Crippen LogP contribution in [0, 0.1) is 18.3 Å². The Morgan fingerprint density at radius 1 is 1.26 bits per heavy atom. The third-order valence-corrected chi connectivity index (χ3v) is 3.95. The van der Waals surface area contributed by atoms with Crippen LogP contribution in [0.25, 0.3) is 0 Å². The molecule has 128 valence electrons. The van der Waals surface area contributed by atoms with Crippen molar-refractivity contribution in [3.63, 3.8) is 0 Å². The molecular weight excluding hydrogens is 292 g/mol. The Morgan fingerprint density at radius 3 is 2.30 bits per heavy atom. The minimum atomic E-state index is -0.907. The first kappa shape index (κ1) is 19.0. The van der Waals surface area contributed by atoms with E-state index in [1.54, 1.807) is 14.0 Å². The number of carboxylic acids is 1. The normalized spacial score (nSPS) is 14.0. The molecule has 1 aromatic carbocycles. The van der Waals surface area contributed by atoms with E-state index in [0.29, 0.717) is 0 Å². The van der Waals surface area contributed by atoms with Crippen molar-refractivity contribution in [3.8, 4) is 0 Å². The second-order valence-electron chi connectivity index (χ2n) is 7.22. The molecule has 5 heteroatoms. The number of nitrogens with one attached hydrogen (secondary N) is 1. The van der Waals surface area contributed by atoms with Crippen LogP contribution in [-0.4, -0.2) is 35.6 Å². The molecule has 5 nitrogen and oxygen atoms in total. The first-order chi connectivity index (χ1) is 10.5. The predicted molar refractivity (Wildman–Crippen MR) is 91.3 cm³/mol. The number of carboxylic acid groups (broad SMARTS) is 1. The molecule has 0 bridgehead atoms. The lowest BCUT2D eigenvalue weighted by molar-refractivity contribution is -0.141. The Hall–Kier alpha value is -2.04. The van der Waals surface area contributed by atoms with Crippen LogP contribution in [-0.2, 0) is 4.79 Å². The fourth-order valence-electron chi connectivity index (χ4n) is 2.48. The van der Waals surface area contributed by atoms with Gasteiger partial charge in [0.1, 0.15) is 0 Å². The van der Waals surface area contributed by atoms with E-state index in [4.69, 9.17) is 5.11 Å². The quantitative estimate of drug-likeness (QED) is 0.873. The first-order valence-corrected chi connectivity index (χ1v) is 7.84. The molecule has 0 heterocycles. The number of amides is 2. The average molecular weight is 320 g/mol. The van der Waals surface area contributed by atoms with Crippen molar-refractivity contribution >= 4 is 12.0 Å². The van der Waals surface area contributed by atoms with E-state index in [0.717, 1.165) is 11.1 Å². The van der Waals surface area contributed by atoms with Gasteiger partial charge in [-0.2, -0.15) is 0 Å². The fourth-order valence-corrected chi connectivity index (χ4v) is 2.48. The summed E-state index contributed by atoms with van der Waals surface area (Å²) in [6.45, 7) is 10.0. The summed E-state index contributed by atoms with van der Waals surface area (Å²) in [6, 6.07) is 7.56. The van der Waals surface area contributed by atoms with Crippen LogP contribution >= 0.6 is 0 Å². The fraction of sp³-hybridized carbons (Fsp3) is 0.556. The Bertz CT molecular complexity index is 564. The molecule has 2 amide bonds. The number of carbonyl (C=O) groups is 2. The largest absolute Gasteiger partial charge is 0.481 e. The van der Waals surface area contributed by atoms with Crippen LogP contribution in [0.5, 0.6) is 0 Å². The lowest BCUT2D eigenvalue weighted by Crippen LogP contribution is -2.45. The Kier molecular flexibility index (Phi) is 6.19. The summed E-state index contributed by atoms with van der Waals surface area (Å²) in [5, 5.41) is 12.0. The van der Waals surface area contributed by atoms with Crippen molar-refractivity contribution in [2.75, 3.05) is 13.6 Å². The summed E-state index contributed by atoms with van der Waals surface area (Å²) < 4.78 is 0. The first-order valence-electron chi connectivity index (χ1n) is 7.84. The Morgan fingerprint density at radius 2 is 1.83 bits per heavy atom. The molecule has 1 rings (SSSR count). The zero-order valence-electron chi connectivity index (χ0n) is 14.9. The summed E-state index contributed by atoms with van der Waals surface area (Å²) in [6.07, 6.45) is 0. The summed E-state index contributed by atoms with van der Waals surface area (Å²) in [5.74, 6) is -1.51. The number of hydrogen-bond donors (Lipinski definition) is 2. The highest BCUT2D eigenvalue weighted by molar-refractivity contribution is 5.76. The predicted octanol–water partition coefficient (Wildman–Crippen LogP) is 3.44. The number of aliphatic carboxylic acids is 1. The number of hydrogen-bond acceptors (Lipinski definition) is 2. The van der Waals surface area contributed by atoms with Gasteiger partial charge < -0.3 is 15.3 Å². The van der Waals surface area contributed by atoms with Crippen molar-refractivity contribution in [2.45, 2.75) is 40.7 Å². The molecule has 23 heavy (non-hydrogen) atoms. The number of nitrogens with zero attached hydrogens (tertiary/aromatic N) is 1. The second kappa shape index (κ2) is 7.49. The van der Waals surface area contributed by atoms with Crippen molar-refractivity contribution in [1.29, 1.82) is 0 Å². The maximum atomic E-state index is 12.5. The van der Waals surface area contributed by atoms with Gasteiger partial charge in [-0.15, -0.1) is 0 Å². The van der Waals surface area contributed by atoms with Gasteiger partial charge in [0.05, 0.1) is 12.0 Å². The molecule has 2 unspecified atom stereocenters.